The van der Waals surface area contributed by atoms with Gasteiger partial charge in [0.05, 0.1) is 22.9 Å². The van der Waals surface area contributed by atoms with Crippen molar-refractivity contribution >= 4 is 28.5 Å². The normalized spacial score (nSPS) is 22.3. The molecule has 2 fully saturated rings. The Balaban J connectivity index is 1.39. The number of benzene rings is 1. The number of fused-ring (bicyclic) bond motifs is 3. The predicted octanol–water partition coefficient (Wildman–Crippen LogP) is 2.78. The topological polar surface area (TPSA) is 128 Å². The van der Waals surface area contributed by atoms with Crippen LogP contribution in [0.15, 0.2) is 42.7 Å². The maximum Gasteiger partial charge on any atom is 0.254 e. The third kappa shape index (κ3) is 3.28. The van der Waals surface area contributed by atoms with Crippen molar-refractivity contribution in [2.75, 3.05) is 5.32 Å². The first-order valence-electron chi connectivity index (χ1n) is 10.4. The summed E-state index contributed by atoms with van der Waals surface area (Å²) in [5.41, 5.74) is 8.40. The number of hydrogen-bond acceptors (Lipinski definition) is 5. The van der Waals surface area contributed by atoms with Gasteiger partial charge in [-0.2, -0.15) is 5.26 Å². The molecule has 31 heavy (non-hydrogen) atoms. The zero-order valence-electron chi connectivity index (χ0n) is 16.8. The summed E-state index contributed by atoms with van der Waals surface area (Å²) in [6.45, 7) is 0. The van der Waals surface area contributed by atoms with E-state index >= 15 is 0 Å². The van der Waals surface area contributed by atoms with Gasteiger partial charge in [0.1, 0.15) is 5.65 Å². The molecule has 3 aromatic rings. The van der Waals surface area contributed by atoms with Crippen molar-refractivity contribution in [2.45, 2.75) is 43.8 Å². The van der Waals surface area contributed by atoms with E-state index in [9.17, 15) is 9.59 Å². The molecule has 156 valence electrons. The quantitative estimate of drug-likeness (QED) is 0.605. The summed E-state index contributed by atoms with van der Waals surface area (Å²) < 4.78 is 0. The Hall–Kier alpha value is -3.86. The smallest absolute Gasteiger partial charge is 0.254 e. The van der Waals surface area contributed by atoms with Crippen molar-refractivity contribution < 1.29 is 9.59 Å². The van der Waals surface area contributed by atoms with Crippen molar-refractivity contribution in [3.05, 3.63) is 59.4 Å². The van der Waals surface area contributed by atoms with E-state index in [1.807, 2.05) is 11.0 Å². The van der Waals surface area contributed by atoms with Crippen LogP contribution in [-0.4, -0.2) is 44.8 Å². The zero-order valence-corrected chi connectivity index (χ0v) is 16.8. The number of hydrogen-bond donors (Lipinski definition) is 3. The number of rotatable bonds is 4. The molecular weight excluding hydrogens is 392 g/mol. The van der Waals surface area contributed by atoms with Crippen LogP contribution in [0.5, 0.6) is 0 Å². The second kappa shape index (κ2) is 7.43. The van der Waals surface area contributed by atoms with Crippen LogP contribution in [-0.2, 0) is 0 Å². The molecule has 4 N–H and O–H groups in total. The number of nitriles is 1. The van der Waals surface area contributed by atoms with E-state index in [0.29, 0.717) is 28.0 Å². The van der Waals surface area contributed by atoms with Crippen molar-refractivity contribution in [1.29, 1.82) is 5.26 Å². The second-order valence-electron chi connectivity index (χ2n) is 8.25. The molecule has 1 unspecified atom stereocenters. The highest BCUT2D eigenvalue weighted by Crippen LogP contribution is 2.39. The number of aromatic amines is 1. The number of carbonyl (C=O) groups is 2. The van der Waals surface area contributed by atoms with Gasteiger partial charge in [0.2, 0.25) is 0 Å². The van der Waals surface area contributed by atoms with Crippen molar-refractivity contribution in [3.63, 3.8) is 0 Å². The number of nitrogens with one attached hydrogen (secondary N) is 2. The second-order valence-corrected chi connectivity index (χ2v) is 8.25. The lowest BCUT2D eigenvalue weighted by Gasteiger charge is -2.40. The average Bonchev–Trinajstić information content (AvgIpc) is 3.36. The maximum atomic E-state index is 13.2. The Labute approximate surface area is 179 Å². The first kappa shape index (κ1) is 19.1. The van der Waals surface area contributed by atoms with Crippen molar-refractivity contribution in [2.24, 2.45) is 5.73 Å². The van der Waals surface area contributed by atoms with Gasteiger partial charge >= 0.3 is 0 Å². The van der Waals surface area contributed by atoms with Gasteiger partial charge in [-0.1, -0.05) is 6.07 Å². The van der Waals surface area contributed by atoms with Crippen LogP contribution in [0.1, 0.15) is 52.0 Å². The number of H-pyrrole nitrogens is 1. The number of nitrogens with zero attached hydrogens (tertiary/aromatic N) is 3. The third-order valence-electron chi connectivity index (χ3n) is 6.41. The molecule has 0 saturated carbocycles. The van der Waals surface area contributed by atoms with E-state index in [2.05, 4.69) is 21.4 Å². The largest absolute Gasteiger partial charge is 0.381 e. The molecular formula is C23H22N6O2. The molecule has 3 atom stereocenters. The van der Waals surface area contributed by atoms with Gasteiger partial charge in [-0.25, -0.2) is 4.98 Å². The Morgan fingerprint density at radius 1 is 1.23 bits per heavy atom. The molecule has 0 radical (unpaired) electrons. The molecule has 2 saturated heterocycles. The first-order chi connectivity index (χ1) is 15.0. The van der Waals surface area contributed by atoms with Crippen LogP contribution < -0.4 is 11.1 Å². The fourth-order valence-electron chi connectivity index (χ4n) is 5.05. The Kier molecular flexibility index (Phi) is 4.59. The summed E-state index contributed by atoms with van der Waals surface area (Å²) in [6.07, 6.45) is 6.75. The average molecular weight is 414 g/mol. The minimum Gasteiger partial charge on any atom is -0.381 e. The van der Waals surface area contributed by atoms with E-state index in [0.717, 1.165) is 31.1 Å². The van der Waals surface area contributed by atoms with Crippen LogP contribution in [0.4, 0.5) is 5.69 Å². The zero-order chi connectivity index (χ0) is 21.5. The molecule has 2 aromatic heterocycles. The fraction of sp³-hybridized carbons (Fsp3) is 0.304. The van der Waals surface area contributed by atoms with Crippen LogP contribution in [0.2, 0.25) is 0 Å². The van der Waals surface area contributed by atoms with E-state index < -0.39 is 5.91 Å². The molecule has 5 rings (SSSR count). The SMILES string of the molecule is N#Cc1cccc(C(=O)N2[C@@H]3CC[C@H]2CC(Nc2c(C(N)=O)cnc4[nH]ccc24)C3)c1. The van der Waals surface area contributed by atoms with Crippen molar-refractivity contribution in [1.82, 2.24) is 14.9 Å². The Morgan fingerprint density at radius 2 is 2.00 bits per heavy atom. The van der Waals surface area contributed by atoms with E-state index in [4.69, 9.17) is 11.0 Å². The molecule has 2 aliphatic rings. The molecule has 2 amide bonds. The number of amides is 2. The highest BCUT2D eigenvalue weighted by Gasteiger charge is 2.43. The summed E-state index contributed by atoms with van der Waals surface area (Å²) in [7, 11) is 0. The van der Waals surface area contributed by atoms with Gasteiger partial charge in [0, 0.05) is 41.5 Å². The van der Waals surface area contributed by atoms with E-state index in [1.165, 1.54) is 6.20 Å². The first-order valence-corrected chi connectivity index (χ1v) is 10.4. The predicted molar refractivity (Wildman–Crippen MR) is 115 cm³/mol. The van der Waals surface area contributed by atoms with Gasteiger partial charge in [0.25, 0.3) is 11.8 Å². The number of piperidine rings is 1. The third-order valence-corrected chi connectivity index (χ3v) is 6.41. The fourth-order valence-corrected chi connectivity index (χ4v) is 5.05. The van der Waals surface area contributed by atoms with Crippen LogP contribution in [0.25, 0.3) is 11.0 Å². The summed E-state index contributed by atoms with van der Waals surface area (Å²) in [4.78, 5) is 34.5. The minimum atomic E-state index is -0.522. The van der Waals surface area contributed by atoms with Gasteiger partial charge in [-0.05, 0) is 49.9 Å². The molecule has 2 bridgehead atoms. The molecule has 0 spiro atoms. The highest BCUT2D eigenvalue weighted by molar-refractivity contribution is 6.06. The molecule has 8 heteroatoms. The van der Waals surface area contributed by atoms with Gasteiger partial charge < -0.3 is 20.9 Å². The van der Waals surface area contributed by atoms with Crippen LogP contribution in [0.3, 0.4) is 0 Å². The highest BCUT2D eigenvalue weighted by atomic mass is 16.2. The molecule has 1 aromatic carbocycles. The number of primary amides is 1. The summed E-state index contributed by atoms with van der Waals surface area (Å²) >= 11 is 0. The Morgan fingerprint density at radius 3 is 2.71 bits per heavy atom. The summed E-state index contributed by atoms with van der Waals surface area (Å²) in [6, 6.07) is 11.2. The van der Waals surface area contributed by atoms with E-state index in [1.54, 1.807) is 30.5 Å². The lowest BCUT2D eigenvalue weighted by molar-refractivity contribution is 0.0583. The number of aromatic nitrogens is 2. The lowest BCUT2D eigenvalue weighted by atomic mass is 9.95. The summed E-state index contributed by atoms with van der Waals surface area (Å²) in [5.74, 6) is -0.538. The standard InChI is InChI=1S/C23H22N6O2/c24-11-13-2-1-3-14(8-13)23(31)29-16-4-5-17(29)10-15(9-16)28-20-18-6-7-26-22(18)27-12-19(20)21(25)30/h1-3,6-8,12,15-17H,4-5,9-10H2,(H2,25,30)(H2,26,27,28)/t15?,16-,17+. The number of pyridine rings is 1. The lowest BCUT2D eigenvalue weighted by Crippen LogP contribution is -2.49. The summed E-state index contributed by atoms with van der Waals surface area (Å²) in [5, 5.41) is 13.5. The maximum absolute atomic E-state index is 13.2. The Bertz CT molecular complexity index is 1210. The van der Waals surface area contributed by atoms with Crippen molar-refractivity contribution in [3.8, 4) is 6.07 Å². The van der Waals surface area contributed by atoms with E-state index in [-0.39, 0.29) is 24.0 Å². The molecule has 2 aliphatic heterocycles. The molecule has 0 aliphatic carbocycles. The number of anilines is 1. The molecule has 4 heterocycles. The van der Waals surface area contributed by atoms with Crippen LogP contribution in [0, 0.1) is 11.3 Å². The van der Waals surface area contributed by atoms with Gasteiger partial charge in [0.15, 0.2) is 0 Å². The number of nitrogens with two attached hydrogens (primary N) is 1. The van der Waals surface area contributed by atoms with Crippen LogP contribution >= 0.6 is 0 Å². The monoisotopic (exact) mass is 414 g/mol. The number of carbonyl (C=O) groups excluding carboxylic acids is 2. The van der Waals surface area contributed by atoms with Gasteiger partial charge in [-0.3, -0.25) is 9.59 Å². The van der Waals surface area contributed by atoms with Gasteiger partial charge in [-0.15, -0.1) is 0 Å². The minimum absolute atomic E-state index is 0.0159. The molecule has 8 nitrogen and oxygen atoms in total.